The molecular weight excluding hydrogens is 532 g/mol. The number of piperidine rings is 1. The topological polar surface area (TPSA) is 135 Å². The number of unbranched alkanes of at least 4 members (excludes halogenated alkanes) is 2. The van der Waals surface area contributed by atoms with Crippen LogP contribution in [0.25, 0.3) is 0 Å². The lowest BCUT2D eigenvalue weighted by molar-refractivity contribution is -0.143. The monoisotopic (exact) mass is 584 g/mol. The zero-order chi connectivity index (χ0) is 29.8. The van der Waals surface area contributed by atoms with Crippen molar-refractivity contribution in [3.63, 3.8) is 0 Å². The third-order valence-electron chi connectivity index (χ3n) is 8.12. The minimum atomic E-state index is -1.14. The van der Waals surface area contributed by atoms with Gasteiger partial charge in [-0.1, -0.05) is 60.3 Å². The van der Waals surface area contributed by atoms with E-state index in [4.69, 9.17) is 4.74 Å². The predicted molar refractivity (Wildman–Crippen MR) is 157 cm³/mol. The number of thiazole rings is 1. The highest BCUT2D eigenvalue weighted by molar-refractivity contribution is 7.09. The second-order valence-electron chi connectivity index (χ2n) is 11.5. The number of nitrogens with zero attached hydrogens (tertiary/aromatic N) is 3. The molecule has 0 saturated carbocycles. The summed E-state index contributed by atoms with van der Waals surface area (Å²) < 4.78 is 6.05. The number of nitrogens with one attached hydrogen (secondary N) is 1. The number of hydrogen-bond donors (Lipinski definition) is 4. The Labute approximate surface area is 244 Å². The van der Waals surface area contributed by atoms with Crippen molar-refractivity contribution in [3.8, 4) is 0 Å². The van der Waals surface area contributed by atoms with Crippen LogP contribution in [0.3, 0.4) is 0 Å². The van der Waals surface area contributed by atoms with Gasteiger partial charge in [0, 0.05) is 18.0 Å². The average Bonchev–Trinajstić information content (AvgIpc) is 3.43. The number of carboxylic acid groups (broad SMARTS) is 1. The molecule has 4 N–H and O–H groups in total. The number of aromatic nitrogens is 1. The van der Waals surface area contributed by atoms with Crippen LogP contribution in [0.4, 0.5) is 0 Å². The van der Waals surface area contributed by atoms with E-state index in [9.17, 15) is 24.9 Å². The molecule has 40 heavy (non-hydrogen) atoms. The molecule has 6 atom stereocenters. The minimum Gasteiger partial charge on any atom is -0.476 e. The molecule has 230 valence electrons. The van der Waals surface area contributed by atoms with Crippen LogP contribution < -0.4 is 5.32 Å². The first kappa shape index (κ1) is 34.6. The van der Waals surface area contributed by atoms with Crippen LogP contribution in [-0.4, -0.2) is 93.3 Å². The smallest absolute Gasteiger partial charge is 0.355 e. The van der Waals surface area contributed by atoms with Gasteiger partial charge in [0.15, 0.2) is 5.69 Å². The number of carbonyl (C=O) groups is 2. The first-order valence-corrected chi connectivity index (χ1v) is 15.8. The van der Waals surface area contributed by atoms with Crippen molar-refractivity contribution in [1.82, 2.24) is 20.1 Å². The van der Waals surface area contributed by atoms with E-state index in [0.29, 0.717) is 11.6 Å². The number of amides is 1. The Morgan fingerprint density at radius 2 is 1.95 bits per heavy atom. The van der Waals surface area contributed by atoms with Crippen molar-refractivity contribution in [2.75, 3.05) is 26.9 Å². The van der Waals surface area contributed by atoms with Crippen molar-refractivity contribution in [2.45, 2.75) is 116 Å². The van der Waals surface area contributed by atoms with E-state index in [2.05, 4.69) is 22.1 Å². The SMILES string of the molecule is CCCCCOCN([C@H](C[C@@H](O)c1nc(C(=O)O)cs1)C(C)C)[C@@H](O)C(NC(=O)C1CCCCN1C)C(C)CC. The molecule has 0 bridgehead atoms. The van der Waals surface area contributed by atoms with Gasteiger partial charge in [0.05, 0.1) is 12.1 Å². The van der Waals surface area contributed by atoms with Crippen LogP contribution in [0.2, 0.25) is 0 Å². The summed E-state index contributed by atoms with van der Waals surface area (Å²) in [6, 6.07) is -1.08. The molecule has 2 rings (SSSR count). The minimum absolute atomic E-state index is 0.00902. The number of carboxylic acids is 1. The number of ether oxygens (including phenoxy) is 1. The largest absolute Gasteiger partial charge is 0.476 e. The van der Waals surface area contributed by atoms with Gasteiger partial charge >= 0.3 is 5.97 Å². The summed E-state index contributed by atoms with van der Waals surface area (Å²) >= 11 is 1.11. The van der Waals surface area contributed by atoms with E-state index in [1.807, 2.05) is 39.6 Å². The normalized spacial score (nSPS) is 20.3. The fraction of sp³-hybridized carbons (Fsp3) is 0.828. The molecule has 1 fully saturated rings. The fourth-order valence-electron chi connectivity index (χ4n) is 5.29. The van der Waals surface area contributed by atoms with Crippen LogP contribution >= 0.6 is 11.3 Å². The average molecular weight is 585 g/mol. The van der Waals surface area contributed by atoms with Gasteiger partial charge in [-0.25, -0.2) is 9.78 Å². The lowest BCUT2D eigenvalue weighted by Gasteiger charge is -2.43. The summed E-state index contributed by atoms with van der Waals surface area (Å²) in [5.74, 6) is -1.20. The molecular formula is C29H52N4O6S. The Morgan fingerprint density at radius 3 is 2.52 bits per heavy atom. The maximum Gasteiger partial charge on any atom is 0.355 e. The lowest BCUT2D eigenvalue weighted by Crippen LogP contribution is -2.61. The second kappa shape index (κ2) is 17.4. The van der Waals surface area contributed by atoms with Gasteiger partial charge in [0.1, 0.15) is 24.1 Å². The number of hydrogen-bond acceptors (Lipinski definition) is 9. The molecule has 0 spiro atoms. The van der Waals surface area contributed by atoms with Crippen LogP contribution in [-0.2, 0) is 9.53 Å². The van der Waals surface area contributed by atoms with Crippen molar-refractivity contribution in [1.29, 1.82) is 0 Å². The Kier molecular flexibility index (Phi) is 15.0. The molecule has 0 aromatic carbocycles. The van der Waals surface area contributed by atoms with Crippen LogP contribution in [0.15, 0.2) is 5.38 Å². The van der Waals surface area contributed by atoms with Gasteiger partial charge in [0.25, 0.3) is 0 Å². The zero-order valence-corrected chi connectivity index (χ0v) is 26.0. The van der Waals surface area contributed by atoms with Crippen LogP contribution in [0.5, 0.6) is 0 Å². The highest BCUT2D eigenvalue weighted by Crippen LogP contribution is 2.30. The van der Waals surface area contributed by atoms with Crippen molar-refractivity contribution < 1.29 is 29.6 Å². The number of rotatable bonds is 18. The highest BCUT2D eigenvalue weighted by atomic mass is 32.1. The molecule has 10 nitrogen and oxygen atoms in total. The summed E-state index contributed by atoms with van der Waals surface area (Å²) in [5.41, 5.74) is -0.0940. The molecule has 1 aromatic rings. The standard InChI is InChI=1S/C29H52N4O6S/c1-7-9-12-15-39-18-33(23(19(3)4)16-24(34)27-30-21(17-40-27)29(37)38)28(36)25(20(5)8-2)31-26(35)22-13-10-11-14-32(22)6/h17,19-20,22-25,28,34,36H,7-16,18H2,1-6H3,(H,31,35)(H,37,38)/t20?,22?,23-,24-,25?,28+/m1/s1. The van der Waals surface area contributed by atoms with Gasteiger partial charge < -0.3 is 25.4 Å². The van der Waals surface area contributed by atoms with Gasteiger partial charge in [-0.15, -0.1) is 11.3 Å². The molecule has 1 aromatic heterocycles. The van der Waals surface area contributed by atoms with E-state index in [1.165, 1.54) is 5.38 Å². The van der Waals surface area contributed by atoms with Crippen molar-refractivity contribution >= 4 is 23.2 Å². The molecule has 2 heterocycles. The summed E-state index contributed by atoms with van der Waals surface area (Å²) in [6.45, 7) is 11.8. The van der Waals surface area contributed by atoms with Crippen LogP contribution in [0, 0.1) is 11.8 Å². The summed E-state index contributed by atoms with van der Waals surface area (Å²) in [6.07, 6.45) is 4.83. The van der Waals surface area contributed by atoms with E-state index in [1.54, 1.807) is 0 Å². The Balaban J connectivity index is 2.31. The maximum atomic E-state index is 13.4. The van der Waals surface area contributed by atoms with Crippen molar-refractivity contribution in [2.24, 2.45) is 11.8 Å². The third kappa shape index (κ3) is 10.0. The van der Waals surface area contributed by atoms with E-state index in [-0.39, 0.29) is 48.7 Å². The Hall–Kier alpha value is -1.63. The number of aliphatic hydroxyl groups excluding tert-OH is 2. The molecule has 3 unspecified atom stereocenters. The van der Waals surface area contributed by atoms with E-state index in [0.717, 1.165) is 62.8 Å². The number of likely N-dealkylation sites (tertiary alicyclic amines) is 1. The lowest BCUT2D eigenvalue weighted by atomic mass is 9.92. The van der Waals surface area contributed by atoms with Gasteiger partial charge in [-0.3, -0.25) is 14.6 Å². The highest BCUT2D eigenvalue weighted by Gasteiger charge is 2.38. The number of carbonyl (C=O) groups excluding carboxylic acids is 1. The molecule has 1 aliphatic rings. The van der Waals surface area contributed by atoms with Gasteiger partial charge in [-0.2, -0.15) is 0 Å². The molecule has 0 aliphatic carbocycles. The molecule has 1 saturated heterocycles. The van der Waals surface area contributed by atoms with E-state index >= 15 is 0 Å². The van der Waals surface area contributed by atoms with Crippen molar-refractivity contribution in [3.05, 3.63) is 16.1 Å². The molecule has 0 radical (unpaired) electrons. The first-order chi connectivity index (χ1) is 19.0. The van der Waals surface area contributed by atoms with Gasteiger partial charge in [-0.05, 0) is 51.1 Å². The summed E-state index contributed by atoms with van der Waals surface area (Å²) in [7, 11) is 1.97. The number of aromatic carboxylic acids is 1. The third-order valence-corrected chi connectivity index (χ3v) is 9.06. The maximum absolute atomic E-state index is 13.4. The van der Waals surface area contributed by atoms with Gasteiger partial charge in [0.2, 0.25) is 5.91 Å². The Morgan fingerprint density at radius 1 is 1.23 bits per heavy atom. The fourth-order valence-corrected chi connectivity index (χ4v) is 6.08. The Bertz CT molecular complexity index is 900. The zero-order valence-electron chi connectivity index (χ0n) is 25.2. The molecule has 11 heteroatoms. The summed E-state index contributed by atoms with van der Waals surface area (Å²) in [4.78, 5) is 32.8. The quantitative estimate of drug-likeness (QED) is 0.149. The van der Waals surface area contributed by atoms with E-state index < -0.39 is 24.3 Å². The predicted octanol–water partition coefficient (Wildman–Crippen LogP) is 4.09. The van der Waals surface area contributed by atoms with Crippen LogP contribution in [0.1, 0.15) is 108 Å². The molecule has 1 aliphatic heterocycles. The first-order valence-electron chi connectivity index (χ1n) is 14.9. The number of likely N-dealkylation sites (N-methyl/N-ethyl adjacent to an activating group) is 1. The number of aliphatic hydroxyl groups is 2. The summed E-state index contributed by atoms with van der Waals surface area (Å²) in [5, 5.41) is 37.2. The molecule has 1 amide bonds. The second-order valence-corrected chi connectivity index (χ2v) is 12.4.